The molecule has 1 rings (SSSR count). The molecular formula is C10H22N2O2. The largest absolute Gasteiger partial charge is 0.394 e. The molecule has 0 amide bonds. The van der Waals surface area contributed by atoms with E-state index >= 15 is 0 Å². The van der Waals surface area contributed by atoms with Crippen molar-refractivity contribution in [3.8, 4) is 0 Å². The van der Waals surface area contributed by atoms with Gasteiger partial charge in [0.2, 0.25) is 0 Å². The Morgan fingerprint density at radius 3 is 2.57 bits per heavy atom. The van der Waals surface area contributed by atoms with Gasteiger partial charge < -0.3 is 15.5 Å². The second-order valence-electron chi connectivity index (χ2n) is 4.24. The molecule has 0 aromatic rings. The molecule has 1 aliphatic carbocycles. The first-order valence-corrected chi connectivity index (χ1v) is 5.36. The van der Waals surface area contributed by atoms with E-state index in [1.807, 2.05) is 0 Å². The van der Waals surface area contributed by atoms with Gasteiger partial charge in [0, 0.05) is 25.2 Å². The number of nitrogens with zero attached hydrogens (tertiary/aromatic N) is 1. The summed E-state index contributed by atoms with van der Waals surface area (Å²) < 4.78 is 0. The van der Waals surface area contributed by atoms with Crippen molar-refractivity contribution in [3.63, 3.8) is 0 Å². The average Bonchev–Trinajstić information content (AvgIpc) is 2.99. The third kappa shape index (κ3) is 3.92. The fraction of sp³-hybridized carbons (Fsp3) is 1.00. The monoisotopic (exact) mass is 202 g/mol. The molecule has 3 N–H and O–H groups in total. The molecule has 4 nitrogen and oxygen atoms in total. The molecule has 0 heterocycles. The smallest absolute Gasteiger partial charge is 0.0894 e. The summed E-state index contributed by atoms with van der Waals surface area (Å²) in [5.41, 5.74) is 0. The van der Waals surface area contributed by atoms with Crippen LogP contribution >= 0.6 is 0 Å². The number of hydrogen-bond donors (Lipinski definition) is 3. The number of nitrogens with one attached hydrogen (secondary N) is 1. The molecule has 84 valence electrons. The molecule has 2 unspecified atom stereocenters. The molecular weight excluding hydrogens is 180 g/mol. The van der Waals surface area contributed by atoms with E-state index < -0.39 is 6.10 Å². The molecule has 0 saturated heterocycles. The van der Waals surface area contributed by atoms with Crippen LogP contribution in [0.3, 0.4) is 0 Å². The maximum absolute atomic E-state index is 9.10. The maximum Gasteiger partial charge on any atom is 0.0894 e. The van der Waals surface area contributed by atoms with E-state index in [4.69, 9.17) is 10.2 Å². The average molecular weight is 202 g/mol. The highest BCUT2D eigenvalue weighted by atomic mass is 16.3. The van der Waals surface area contributed by atoms with Crippen LogP contribution in [0.25, 0.3) is 0 Å². The van der Waals surface area contributed by atoms with E-state index in [1.54, 1.807) is 0 Å². The van der Waals surface area contributed by atoms with Crippen LogP contribution in [-0.4, -0.2) is 60.0 Å². The van der Waals surface area contributed by atoms with Crippen LogP contribution in [-0.2, 0) is 0 Å². The minimum atomic E-state index is -0.631. The summed E-state index contributed by atoms with van der Waals surface area (Å²) in [5, 5.41) is 20.9. The first-order chi connectivity index (χ1) is 6.65. The Morgan fingerprint density at radius 1 is 1.43 bits per heavy atom. The fourth-order valence-corrected chi connectivity index (χ4v) is 1.51. The van der Waals surface area contributed by atoms with Crippen molar-refractivity contribution in [1.29, 1.82) is 0 Å². The van der Waals surface area contributed by atoms with Gasteiger partial charge >= 0.3 is 0 Å². The standard InChI is InChI=1S/C10H22N2O2/c1-8(12(2)9-3-4-9)5-11-6-10(14)7-13/h8-11,13-14H,3-7H2,1-2H3. The number of likely N-dealkylation sites (N-methyl/N-ethyl adjacent to an activating group) is 1. The Balaban J connectivity index is 2.04. The zero-order valence-corrected chi connectivity index (χ0v) is 9.11. The third-order valence-corrected chi connectivity index (χ3v) is 2.85. The third-order valence-electron chi connectivity index (χ3n) is 2.85. The quantitative estimate of drug-likeness (QED) is 0.516. The van der Waals surface area contributed by atoms with Crippen molar-refractivity contribution in [2.24, 2.45) is 0 Å². The molecule has 0 radical (unpaired) electrons. The van der Waals surface area contributed by atoms with Crippen LogP contribution in [0.5, 0.6) is 0 Å². The lowest BCUT2D eigenvalue weighted by Gasteiger charge is -2.25. The van der Waals surface area contributed by atoms with Gasteiger partial charge in [-0.2, -0.15) is 0 Å². The molecule has 2 atom stereocenters. The Labute approximate surface area is 85.9 Å². The van der Waals surface area contributed by atoms with Crippen molar-refractivity contribution >= 4 is 0 Å². The van der Waals surface area contributed by atoms with Crippen LogP contribution < -0.4 is 5.32 Å². The second-order valence-corrected chi connectivity index (χ2v) is 4.24. The predicted octanol–water partition coefficient (Wildman–Crippen LogP) is -0.588. The summed E-state index contributed by atoms with van der Waals surface area (Å²) in [7, 11) is 2.15. The van der Waals surface area contributed by atoms with Gasteiger partial charge in [-0.1, -0.05) is 0 Å². The summed E-state index contributed by atoms with van der Waals surface area (Å²) in [5.74, 6) is 0. The lowest BCUT2D eigenvalue weighted by Crippen LogP contribution is -2.41. The number of rotatable bonds is 7. The van der Waals surface area contributed by atoms with Gasteiger partial charge in [0.25, 0.3) is 0 Å². The highest BCUT2D eigenvalue weighted by molar-refractivity contribution is 4.85. The van der Waals surface area contributed by atoms with Gasteiger partial charge in [-0.15, -0.1) is 0 Å². The Hall–Kier alpha value is -0.160. The van der Waals surface area contributed by atoms with Gasteiger partial charge in [0.05, 0.1) is 12.7 Å². The summed E-state index contributed by atoms with van der Waals surface area (Å²) in [6, 6.07) is 1.27. The Kier molecular flexibility index (Phi) is 4.81. The van der Waals surface area contributed by atoms with Gasteiger partial charge in [0.15, 0.2) is 0 Å². The lowest BCUT2D eigenvalue weighted by molar-refractivity contribution is 0.0924. The summed E-state index contributed by atoms with van der Waals surface area (Å²) in [6.07, 6.45) is 2.01. The van der Waals surface area contributed by atoms with Crippen LogP contribution in [0, 0.1) is 0 Å². The van der Waals surface area contributed by atoms with Crippen molar-refractivity contribution in [2.45, 2.75) is 38.0 Å². The second kappa shape index (κ2) is 5.66. The zero-order valence-electron chi connectivity index (χ0n) is 9.11. The van der Waals surface area contributed by atoms with Gasteiger partial charge in [-0.05, 0) is 26.8 Å². The number of aliphatic hydroxyl groups excluding tert-OH is 2. The number of aliphatic hydroxyl groups is 2. The minimum Gasteiger partial charge on any atom is -0.394 e. The van der Waals surface area contributed by atoms with E-state index in [9.17, 15) is 0 Å². The van der Waals surface area contributed by atoms with Gasteiger partial charge in [0.1, 0.15) is 0 Å². The van der Waals surface area contributed by atoms with Crippen LogP contribution in [0.1, 0.15) is 19.8 Å². The zero-order chi connectivity index (χ0) is 10.6. The lowest BCUT2D eigenvalue weighted by atomic mass is 10.2. The SMILES string of the molecule is CC(CNCC(O)CO)N(C)C1CC1. The van der Waals surface area contributed by atoms with Gasteiger partial charge in [-0.25, -0.2) is 0 Å². The molecule has 1 fully saturated rings. The Morgan fingerprint density at radius 2 is 2.07 bits per heavy atom. The topological polar surface area (TPSA) is 55.7 Å². The number of hydrogen-bond acceptors (Lipinski definition) is 4. The fourth-order valence-electron chi connectivity index (χ4n) is 1.51. The molecule has 1 saturated carbocycles. The summed E-state index contributed by atoms with van der Waals surface area (Å²) in [4.78, 5) is 2.37. The molecule has 0 aliphatic heterocycles. The van der Waals surface area contributed by atoms with Crippen molar-refractivity contribution in [2.75, 3.05) is 26.7 Å². The summed E-state index contributed by atoms with van der Waals surface area (Å²) >= 11 is 0. The van der Waals surface area contributed by atoms with Crippen LogP contribution in [0.4, 0.5) is 0 Å². The van der Waals surface area contributed by atoms with E-state index in [0.29, 0.717) is 12.6 Å². The van der Waals surface area contributed by atoms with Crippen molar-refractivity contribution < 1.29 is 10.2 Å². The van der Waals surface area contributed by atoms with Gasteiger partial charge in [-0.3, -0.25) is 4.90 Å². The van der Waals surface area contributed by atoms with E-state index in [0.717, 1.165) is 12.6 Å². The molecule has 1 aliphatic rings. The van der Waals surface area contributed by atoms with E-state index in [2.05, 4.69) is 24.2 Å². The first kappa shape index (κ1) is 11.9. The van der Waals surface area contributed by atoms with E-state index in [-0.39, 0.29) is 6.61 Å². The Bertz CT molecular complexity index is 162. The molecule has 14 heavy (non-hydrogen) atoms. The molecule has 0 aromatic carbocycles. The highest BCUT2D eigenvalue weighted by Crippen LogP contribution is 2.26. The van der Waals surface area contributed by atoms with E-state index in [1.165, 1.54) is 12.8 Å². The highest BCUT2D eigenvalue weighted by Gasteiger charge is 2.28. The van der Waals surface area contributed by atoms with Crippen molar-refractivity contribution in [1.82, 2.24) is 10.2 Å². The van der Waals surface area contributed by atoms with Crippen LogP contribution in [0.2, 0.25) is 0 Å². The van der Waals surface area contributed by atoms with Crippen molar-refractivity contribution in [3.05, 3.63) is 0 Å². The predicted molar refractivity (Wildman–Crippen MR) is 56.2 cm³/mol. The normalized spacial score (nSPS) is 21.2. The molecule has 0 spiro atoms. The maximum atomic E-state index is 9.10. The molecule has 0 aromatic heterocycles. The molecule has 4 heteroatoms. The molecule has 0 bridgehead atoms. The summed E-state index contributed by atoms with van der Waals surface area (Å²) in [6.45, 7) is 3.35. The minimum absolute atomic E-state index is 0.167. The first-order valence-electron chi connectivity index (χ1n) is 5.36. The van der Waals surface area contributed by atoms with Crippen LogP contribution in [0.15, 0.2) is 0 Å².